The van der Waals surface area contributed by atoms with Crippen LogP contribution in [0.4, 0.5) is 17.3 Å². The molecule has 0 amide bonds. The van der Waals surface area contributed by atoms with Crippen molar-refractivity contribution in [2.24, 2.45) is 0 Å². The molecule has 0 radical (unpaired) electrons. The van der Waals surface area contributed by atoms with Crippen LogP contribution in [0.1, 0.15) is 6.92 Å². The minimum absolute atomic E-state index is 0.494. The molecule has 2 N–H and O–H groups in total. The van der Waals surface area contributed by atoms with E-state index in [-0.39, 0.29) is 0 Å². The number of nitrogens with zero attached hydrogens (tertiary/aromatic N) is 2. The number of benzene rings is 1. The summed E-state index contributed by atoms with van der Waals surface area (Å²) in [5.41, 5.74) is 0.579. The normalized spacial score (nSPS) is 10.2. The van der Waals surface area contributed by atoms with E-state index in [1.807, 2.05) is 6.92 Å². The number of halogens is 2. The van der Waals surface area contributed by atoms with Crippen LogP contribution in [0.25, 0.3) is 0 Å². The Morgan fingerprint density at radius 2 is 1.80 bits per heavy atom. The summed E-state index contributed by atoms with van der Waals surface area (Å²) in [5.74, 6) is 1.61. The molecule has 0 aliphatic heterocycles. The van der Waals surface area contributed by atoms with E-state index in [0.717, 1.165) is 6.54 Å². The summed E-state index contributed by atoms with van der Waals surface area (Å²) in [6, 6.07) is 5.26. The molecule has 2 aromatic rings. The number of methoxy groups -OCH3 is 1. The summed E-state index contributed by atoms with van der Waals surface area (Å²) < 4.78 is 5.34. The summed E-state index contributed by atoms with van der Waals surface area (Å²) in [6.45, 7) is 2.69. The zero-order valence-electron chi connectivity index (χ0n) is 11.1. The van der Waals surface area contributed by atoms with E-state index in [2.05, 4.69) is 20.6 Å². The lowest BCUT2D eigenvalue weighted by Gasteiger charge is -2.15. The van der Waals surface area contributed by atoms with Crippen molar-refractivity contribution >= 4 is 40.5 Å². The molecule has 106 valence electrons. The predicted octanol–water partition coefficient (Wildman–Crippen LogP) is 3.97. The molecule has 1 aromatic carbocycles. The number of anilines is 3. The first-order valence-electron chi connectivity index (χ1n) is 6.01. The lowest BCUT2D eigenvalue weighted by molar-refractivity contribution is 0.415. The fraction of sp³-hybridized carbons (Fsp3) is 0.231. The van der Waals surface area contributed by atoms with E-state index < -0.39 is 0 Å². The quantitative estimate of drug-likeness (QED) is 0.875. The molecular formula is C13H14Cl2N4O. The highest BCUT2D eigenvalue weighted by molar-refractivity contribution is 6.39. The average Bonchev–Trinajstić information content (AvgIpc) is 2.43. The molecule has 5 nitrogen and oxygen atoms in total. The topological polar surface area (TPSA) is 59.1 Å². The van der Waals surface area contributed by atoms with Gasteiger partial charge in [0.05, 0.1) is 22.8 Å². The van der Waals surface area contributed by atoms with Gasteiger partial charge in [0.15, 0.2) is 11.6 Å². The van der Waals surface area contributed by atoms with Gasteiger partial charge in [-0.15, -0.1) is 0 Å². The Morgan fingerprint density at radius 1 is 1.15 bits per heavy atom. The third-order valence-corrected chi connectivity index (χ3v) is 3.19. The van der Waals surface area contributed by atoms with Crippen LogP contribution in [0.3, 0.4) is 0 Å². The Balaban J connectivity index is 2.41. The lowest BCUT2D eigenvalue weighted by atomic mass is 10.3. The third kappa shape index (κ3) is 3.05. The van der Waals surface area contributed by atoms with Crippen molar-refractivity contribution in [3.05, 3.63) is 34.6 Å². The van der Waals surface area contributed by atoms with Crippen molar-refractivity contribution in [3.8, 4) is 5.75 Å². The number of para-hydroxylation sites is 1. The van der Waals surface area contributed by atoms with Gasteiger partial charge in [-0.25, -0.2) is 9.97 Å². The van der Waals surface area contributed by atoms with Crippen molar-refractivity contribution < 1.29 is 4.74 Å². The minimum atomic E-state index is 0.494. The van der Waals surface area contributed by atoms with Crippen molar-refractivity contribution in [3.63, 3.8) is 0 Å². The molecule has 0 saturated carbocycles. The standard InChI is InChI=1S/C13H14Cl2N4O/c1-3-16-12-11(20-2)13(18-7-17-12)19-10-8(14)5-4-6-9(10)15/h4-7H,3H2,1-2H3,(H2,16,17,18,19). The van der Waals surface area contributed by atoms with E-state index in [4.69, 9.17) is 27.9 Å². The Bertz CT molecular complexity index is 587. The number of aromatic nitrogens is 2. The monoisotopic (exact) mass is 312 g/mol. The second kappa shape index (κ2) is 6.63. The van der Waals surface area contributed by atoms with Crippen molar-refractivity contribution in [2.45, 2.75) is 6.92 Å². The number of hydrogen-bond acceptors (Lipinski definition) is 5. The van der Waals surface area contributed by atoms with Gasteiger partial charge >= 0.3 is 0 Å². The Hall–Kier alpha value is -1.72. The van der Waals surface area contributed by atoms with E-state index >= 15 is 0 Å². The van der Waals surface area contributed by atoms with Crippen LogP contribution in [0.5, 0.6) is 5.75 Å². The van der Waals surface area contributed by atoms with Crippen molar-refractivity contribution in [1.29, 1.82) is 0 Å². The van der Waals surface area contributed by atoms with Gasteiger partial charge in [0, 0.05) is 6.54 Å². The Kier molecular flexibility index (Phi) is 4.87. The molecule has 0 bridgehead atoms. The molecule has 20 heavy (non-hydrogen) atoms. The van der Waals surface area contributed by atoms with Crippen LogP contribution >= 0.6 is 23.2 Å². The summed E-state index contributed by atoms with van der Waals surface area (Å²) in [4.78, 5) is 8.30. The lowest BCUT2D eigenvalue weighted by Crippen LogP contribution is -2.06. The van der Waals surface area contributed by atoms with Crippen LogP contribution in [-0.4, -0.2) is 23.6 Å². The molecular weight excluding hydrogens is 299 g/mol. The summed E-state index contributed by atoms with van der Waals surface area (Å²) in [7, 11) is 1.55. The second-order valence-corrected chi connectivity index (χ2v) is 4.67. The fourth-order valence-electron chi connectivity index (χ4n) is 1.69. The highest BCUT2D eigenvalue weighted by atomic mass is 35.5. The largest absolute Gasteiger partial charge is 0.490 e. The number of nitrogens with one attached hydrogen (secondary N) is 2. The predicted molar refractivity (Wildman–Crippen MR) is 82.5 cm³/mol. The van der Waals surface area contributed by atoms with Gasteiger partial charge in [-0.3, -0.25) is 0 Å². The van der Waals surface area contributed by atoms with Gasteiger partial charge in [-0.05, 0) is 19.1 Å². The molecule has 0 saturated heterocycles. The Labute approximate surface area is 127 Å². The first kappa shape index (κ1) is 14.7. The first-order chi connectivity index (χ1) is 9.67. The number of ether oxygens (including phenoxy) is 1. The van der Waals surface area contributed by atoms with E-state index in [1.165, 1.54) is 6.33 Å². The number of hydrogen-bond donors (Lipinski definition) is 2. The Morgan fingerprint density at radius 3 is 2.40 bits per heavy atom. The molecule has 7 heteroatoms. The van der Waals surface area contributed by atoms with Crippen LogP contribution in [0, 0.1) is 0 Å². The maximum Gasteiger partial charge on any atom is 0.204 e. The molecule has 0 aliphatic carbocycles. The van der Waals surface area contributed by atoms with Crippen LogP contribution in [0.15, 0.2) is 24.5 Å². The van der Waals surface area contributed by atoms with Crippen molar-refractivity contribution in [1.82, 2.24) is 9.97 Å². The third-order valence-electron chi connectivity index (χ3n) is 2.56. The minimum Gasteiger partial charge on any atom is -0.490 e. The highest BCUT2D eigenvalue weighted by Gasteiger charge is 2.14. The van der Waals surface area contributed by atoms with Gasteiger partial charge < -0.3 is 15.4 Å². The molecule has 0 unspecified atom stereocenters. The molecule has 0 fully saturated rings. The summed E-state index contributed by atoms with van der Waals surface area (Å²) in [5, 5.41) is 7.19. The van der Waals surface area contributed by atoms with Crippen molar-refractivity contribution in [2.75, 3.05) is 24.3 Å². The maximum atomic E-state index is 6.13. The van der Waals surface area contributed by atoms with Gasteiger partial charge in [-0.1, -0.05) is 29.3 Å². The molecule has 2 rings (SSSR count). The molecule has 1 heterocycles. The average molecular weight is 313 g/mol. The molecule has 0 atom stereocenters. The van der Waals surface area contributed by atoms with Gasteiger partial charge in [0.2, 0.25) is 5.75 Å². The van der Waals surface area contributed by atoms with E-state index in [1.54, 1.807) is 25.3 Å². The van der Waals surface area contributed by atoms with Gasteiger partial charge in [0.25, 0.3) is 0 Å². The highest BCUT2D eigenvalue weighted by Crippen LogP contribution is 2.36. The van der Waals surface area contributed by atoms with E-state index in [0.29, 0.717) is 33.1 Å². The summed E-state index contributed by atoms with van der Waals surface area (Å²) in [6.07, 6.45) is 1.44. The molecule has 1 aromatic heterocycles. The zero-order valence-corrected chi connectivity index (χ0v) is 12.6. The van der Waals surface area contributed by atoms with Gasteiger partial charge in [-0.2, -0.15) is 0 Å². The van der Waals surface area contributed by atoms with Gasteiger partial charge in [0.1, 0.15) is 6.33 Å². The summed E-state index contributed by atoms with van der Waals surface area (Å²) >= 11 is 12.3. The smallest absolute Gasteiger partial charge is 0.204 e. The second-order valence-electron chi connectivity index (χ2n) is 3.86. The molecule has 0 spiro atoms. The fourth-order valence-corrected chi connectivity index (χ4v) is 2.18. The molecule has 0 aliphatic rings. The first-order valence-corrected chi connectivity index (χ1v) is 6.76. The number of rotatable bonds is 5. The maximum absolute atomic E-state index is 6.13. The van der Waals surface area contributed by atoms with E-state index in [9.17, 15) is 0 Å². The zero-order chi connectivity index (χ0) is 14.5. The van der Waals surface area contributed by atoms with Crippen LogP contribution in [-0.2, 0) is 0 Å². The SMILES string of the molecule is CCNc1ncnc(Nc2c(Cl)cccc2Cl)c1OC. The van der Waals surface area contributed by atoms with Crippen LogP contribution in [0.2, 0.25) is 10.0 Å². The van der Waals surface area contributed by atoms with Crippen LogP contribution < -0.4 is 15.4 Å².